The van der Waals surface area contributed by atoms with Crippen molar-refractivity contribution in [1.29, 1.82) is 0 Å². The van der Waals surface area contributed by atoms with Crippen LogP contribution in [-0.2, 0) is 0 Å². The van der Waals surface area contributed by atoms with Gasteiger partial charge >= 0.3 is 0 Å². The van der Waals surface area contributed by atoms with Crippen LogP contribution in [0.5, 0.6) is 0 Å². The van der Waals surface area contributed by atoms with Gasteiger partial charge in [0, 0.05) is 11.4 Å². The number of benzene rings is 1. The summed E-state index contributed by atoms with van der Waals surface area (Å²) in [6.07, 6.45) is 1.91. The molecule has 0 fully saturated rings. The summed E-state index contributed by atoms with van der Waals surface area (Å²) in [5.41, 5.74) is 1.22. The van der Waals surface area contributed by atoms with Crippen LogP contribution in [0.4, 0.5) is 0 Å². The fourth-order valence-electron chi connectivity index (χ4n) is 1.40. The molecule has 0 N–H and O–H groups in total. The Morgan fingerprint density at radius 1 is 1.14 bits per heavy atom. The van der Waals surface area contributed by atoms with E-state index < -0.39 is 0 Å². The molecule has 0 saturated carbocycles. The maximum absolute atomic E-state index is 4.31. The van der Waals surface area contributed by atoms with Crippen LogP contribution < -0.4 is 0 Å². The van der Waals surface area contributed by atoms with Gasteiger partial charge in [-0.25, -0.2) is 0 Å². The van der Waals surface area contributed by atoms with Crippen LogP contribution in [-0.4, -0.2) is 9.78 Å². The third-order valence-corrected chi connectivity index (χ3v) is 1.99. The zero-order valence-electron chi connectivity index (χ0n) is 9.36. The fraction of sp³-hybridized carbons (Fsp3) is 0.417. The molecular weight excluding hydrogens is 172 g/mol. The van der Waals surface area contributed by atoms with Gasteiger partial charge in [0.25, 0.3) is 0 Å². The summed E-state index contributed by atoms with van der Waals surface area (Å²) >= 11 is 0. The molecule has 0 aliphatic heterocycles. The molecule has 0 bridgehead atoms. The second-order valence-electron chi connectivity index (χ2n) is 3.24. The SMILES string of the molecule is CC.CC(C)n1ncc2ccccc21. The van der Waals surface area contributed by atoms with Crippen LogP contribution in [0.3, 0.4) is 0 Å². The summed E-state index contributed by atoms with van der Waals surface area (Å²) in [5, 5.41) is 5.53. The first kappa shape index (κ1) is 10.8. The van der Waals surface area contributed by atoms with Crippen molar-refractivity contribution in [2.24, 2.45) is 0 Å². The van der Waals surface area contributed by atoms with Crippen molar-refractivity contribution in [1.82, 2.24) is 9.78 Å². The highest BCUT2D eigenvalue weighted by atomic mass is 15.3. The average molecular weight is 190 g/mol. The predicted molar refractivity (Wildman–Crippen MR) is 61.5 cm³/mol. The van der Waals surface area contributed by atoms with E-state index in [1.165, 1.54) is 10.9 Å². The summed E-state index contributed by atoms with van der Waals surface area (Å²) in [6.45, 7) is 8.28. The lowest BCUT2D eigenvalue weighted by Gasteiger charge is -2.05. The van der Waals surface area contributed by atoms with E-state index in [2.05, 4.69) is 31.1 Å². The molecule has 2 nitrogen and oxygen atoms in total. The molecule has 2 heteroatoms. The molecule has 0 saturated heterocycles. The standard InChI is InChI=1S/C10H12N2.C2H6/c1-8(2)12-10-6-4-3-5-9(10)7-11-12;1-2/h3-8H,1-2H3;1-2H3. The molecule has 2 rings (SSSR count). The minimum atomic E-state index is 0.435. The van der Waals surface area contributed by atoms with Crippen LogP contribution in [0.2, 0.25) is 0 Å². The van der Waals surface area contributed by atoms with Gasteiger partial charge in [0.05, 0.1) is 11.7 Å². The van der Waals surface area contributed by atoms with Gasteiger partial charge in [0.15, 0.2) is 0 Å². The first-order chi connectivity index (χ1) is 6.79. The lowest BCUT2D eigenvalue weighted by molar-refractivity contribution is 0.551. The van der Waals surface area contributed by atoms with Crippen molar-refractivity contribution in [3.8, 4) is 0 Å². The molecule has 0 spiro atoms. The highest BCUT2D eigenvalue weighted by Gasteiger charge is 2.02. The molecule has 0 unspecified atom stereocenters. The summed E-state index contributed by atoms with van der Waals surface area (Å²) < 4.78 is 2.04. The molecule has 1 aromatic heterocycles. The molecule has 0 amide bonds. The normalized spacial score (nSPS) is 10.1. The van der Waals surface area contributed by atoms with E-state index >= 15 is 0 Å². The molecule has 0 radical (unpaired) electrons. The number of hydrogen-bond donors (Lipinski definition) is 0. The van der Waals surface area contributed by atoms with Crippen molar-refractivity contribution in [3.63, 3.8) is 0 Å². The Hall–Kier alpha value is -1.31. The van der Waals surface area contributed by atoms with Gasteiger partial charge in [-0.15, -0.1) is 0 Å². The molecule has 1 heterocycles. The quantitative estimate of drug-likeness (QED) is 0.671. The Balaban J connectivity index is 0.000000461. The summed E-state index contributed by atoms with van der Waals surface area (Å²) in [7, 11) is 0. The minimum Gasteiger partial charge on any atom is -0.262 e. The Bertz CT molecular complexity index is 388. The molecule has 2 aromatic rings. The first-order valence-electron chi connectivity index (χ1n) is 5.21. The monoisotopic (exact) mass is 190 g/mol. The second kappa shape index (κ2) is 4.80. The number of hydrogen-bond acceptors (Lipinski definition) is 1. The Morgan fingerprint density at radius 2 is 1.79 bits per heavy atom. The van der Waals surface area contributed by atoms with Crippen LogP contribution in [0.25, 0.3) is 10.9 Å². The van der Waals surface area contributed by atoms with Crippen LogP contribution in [0.15, 0.2) is 30.5 Å². The van der Waals surface area contributed by atoms with Crippen molar-refractivity contribution in [2.75, 3.05) is 0 Å². The fourth-order valence-corrected chi connectivity index (χ4v) is 1.40. The third-order valence-electron chi connectivity index (χ3n) is 1.99. The minimum absolute atomic E-state index is 0.435. The largest absolute Gasteiger partial charge is 0.262 e. The molecule has 76 valence electrons. The Morgan fingerprint density at radius 3 is 2.43 bits per heavy atom. The average Bonchev–Trinajstić information content (AvgIpc) is 2.64. The van der Waals surface area contributed by atoms with E-state index in [1.54, 1.807) is 0 Å². The molecule has 0 aliphatic rings. The van der Waals surface area contributed by atoms with E-state index in [0.717, 1.165) is 0 Å². The number of para-hydroxylation sites is 1. The van der Waals surface area contributed by atoms with E-state index in [4.69, 9.17) is 0 Å². The zero-order valence-corrected chi connectivity index (χ0v) is 9.36. The molecule has 0 atom stereocenters. The van der Waals surface area contributed by atoms with Crippen molar-refractivity contribution >= 4 is 10.9 Å². The number of aromatic nitrogens is 2. The van der Waals surface area contributed by atoms with Gasteiger partial charge in [-0.1, -0.05) is 32.0 Å². The van der Waals surface area contributed by atoms with E-state index in [0.29, 0.717) is 6.04 Å². The van der Waals surface area contributed by atoms with Crippen molar-refractivity contribution in [2.45, 2.75) is 33.7 Å². The topological polar surface area (TPSA) is 17.8 Å². The number of nitrogens with zero attached hydrogens (tertiary/aromatic N) is 2. The zero-order chi connectivity index (χ0) is 10.6. The summed E-state index contributed by atoms with van der Waals surface area (Å²) in [5.74, 6) is 0. The van der Waals surface area contributed by atoms with Gasteiger partial charge in [-0.3, -0.25) is 4.68 Å². The lowest BCUT2D eigenvalue weighted by Crippen LogP contribution is -2.01. The highest BCUT2D eigenvalue weighted by molar-refractivity contribution is 5.78. The van der Waals surface area contributed by atoms with Gasteiger partial charge in [-0.05, 0) is 19.9 Å². The maximum Gasteiger partial charge on any atom is 0.0685 e. The lowest BCUT2D eigenvalue weighted by atomic mass is 10.2. The van der Waals surface area contributed by atoms with Gasteiger partial charge in [0.1, 0.15) is 0 Å². The first-order valence-corrected chi connectivity index (χ1v) is 5.21. The van der Waals surface area contributed by atoms with Gasteiger partial charge < -0.3 is 0 Å². The van der Waals surface area contributed by atoms with E-state index in [-0.39, 0.29) is 0 Å². The van der Waals surface area contributed by atoms with Crippen LogP contribution in [0.1, 0.15) is 33.7 Å². The molecule has 1 aromatic carbocycles. The van der Waals surface area contributed by atoms with E-state index in [9.17, 15) is 0 Å². The molecular formula is C12H18N2. The van der Waals surface area contributed by atoms with Gasteiger partial charge in [-0.2, -0.15) is 5.10 Å². The Kier molecular flexibility index (Phi) is 3.69. The third kappa shape index (κ3) is 1.95. The predicted octanol–water partition coefficient (Wildman–Crippen LogP) is 3.64. The van der Waals surface area contributed by atoms with E-state index in [1.807, 2.05) is 36.9 Å². The number of rotatable bonds is 1. The van der Waals surface area contributed by atoms with Crippen molar-refractivity contribution < 1.29 is 0 Å². The van der Waals surface area contributed by atoms with Crippen LogP contribution >= 0.6 is 0 Å². The molecule has 14 heavy (non-hydrogen) atoms. The summed E-state index contributed by atoms with van der Waals surface area (Å²) in [6, 6.07) is 8.70. The highest BCUT2D eigenvalue weighted by Crippen LogP contribution is 2.16. The van der Waals surface area contributed by atoms with Crippen molar-refractivity contribution in [3.05, 3.63) is 30.5 Å². The summed E-state index contributed by atoms with van der Waals surface area (Å²) in [4.78, 5) is 0. The Labute approximate surface area is 85.6 Å². The smallest absolute Gasteiger partial charge is 0.0685 e. The number of fused-ring (bicyclic) bond motifs is 1. The van der Waals surface area contributed by atoms with Gasteiger partial charge in [0.2, 0.25) is 0 Å². The molecule has 0 aliphatic carbocycles. The second-order valence-corrected chi connectivity index (χ2v) is 3.24. The van der Waals surface area contributed by atoms with Crippen LogP contribution in [0, 0.1) is 0 Å². The maximum atomic E-state index is 4.31.